The van der Waals surface area contributed by atoms with E-state index in [1.165, 1.54) is 23.1 Å². The second-order valence-corrected chi connectivity index (χ2v) is 5.71. The first-order chi connectivity index (χ1) is 9.97. The molecule has 1 heterocycles. The number of rotatable bonds is 6. The standard InChI is InChI=1S/C14H15N3O3S/c1-9(7-11-3-2-6-21-11)16-12-8-10(14(15)18)4-5-13(12)17(19)20/h2-6,8-9,16H,7H2,1H3,(H2,15,18). The summed E-state index contributed by atoms with van der Waals surface area (Å²) < 4.78 is 0. The van der Waals surface area contributed by atoms with Gasteiger partial charge in [-0.1, -0.05) is 6.07 Å². The minimum absolute atomic E-state index is 0.00882. The van der Waals surface area contributed by atoms with Gasteiger partial charge in [-0.3, -0.25) is 14.9 Å². The van der Waals surface area contributed by atoms with Gasteiger partial charge in [0.25, 0.3) is 5.69 Å². The highest BCUT2D eigenvalue weighted by Crippen LogP contribution is 2.26. The molecular weight excluding hydrogens is 290 g/mol. The summed E-state index contributed by atoms with van der Waals surface area (Å²) in [6.45, 7) is 1.93. The molecule has 0 saturated heterocycles. The van der Waals surface area contributed by atoms with E-state index in [1.54, 1.807) is 11.3 Å². The Kier molecular flexibility index (Phi) is 4.54. The van der Waals surface area contributed by atoms with E-state index < -0.39 is 10.8 Å². The second-order valence-electron chi connectivity index (χ2n) is 4.68. The molecule has 1 unspecified atom stereocenters. The topological polar surface area (TPSA) is 98.3 Å². The van der Waals surface area contributed by atoms with Gasteiger partial charge in [-0.15, -0.1) is 11.3 Å². The summed E-state index contributed by atoms with van der Waals surface area (Å²) in [4.78, 5) is 23.0. The van der Waals surface area contributed by atoms with Crippen molar-refractivity contribution >= 4 is 28.6 Å². The average Bonchev–Trinajstić information content (AvgIpc) is 2.90. The van der Waals surface area contributed by atoms with Crippen LogP contribution in [-0.2, 0) is 6.42 Å². The third kappa shape index (κ3) is 3.79. The fourth-order valence-corrected chi connectivity index (χ4v) is 2.85. The van der Waals surface area contributed by atoms with Gasteiger partial charge in [0, 0.05) is 29.0 Å². The summed E-state index contributed by atoms with van der Waals surface area (Å²) in [5, 5.41) is 16.1. The first-order valence-corrected chi connectivity index (χ1v) is 7.22. The molecule has 0 bridgehead atoms. The third-order valence-corrected chi connectivity index (χ3v) is 3.87. The van der Waals surface area contributed by atoms with Crippen LogP contribution in [-0.4, -0.2) is 16.9 Å². The van der Waals surface area contributed by atoms with Crippen molar-refractivity contribution in [2.75, 3.05) is 5.32 Å². The summed E-state index contributed by atoms with van der Waals surface area (Å²) in [5.41, 5.74) is 5.69. The summed E-state index contributed by atoms with van der Waals surface area (Å²) in [7, 11) is 0. The molecule has 2 aromatic rings. The Morgan fingerprint density at radius 3 is 2.81 bits per heavy atom. The zero-order chi connectivity index (χ0) is 15.4. The maximum Gasteiger partial charge on any atom is 0.292 e. The number of hydrogen-bond acceptors (Lipinski definition) is 5. The molecule has 3 N–H and O–H groups in total. The van der Waals surface area contributed by atoms with Crippen LogP contribution in [0.4, 0.5) is 11.4 Å². The van der Waals surface area contributed by atoms with E-state index in [9.17, 15) is 14.9 Å². The van der Waals surface area contributed by atoms with Crippen molar-refractivity contribution in [3.63, 3.8) is 0 Å². The lowest BCUT2D eigenvalue weighted by atomic mass is 10.1. The van der Waals surface area contributed by atoms with Crippen LogP contribution < -0.4 is 11.1 Å². The third-order valence-electron chi connectivity index (χ3n) is 2.97. The number of nitro benzene ring substituents is 1. The number of nitrogens with one attached hydrogen (secondary N) is 1. The van der Waals surface area contributed by atoms with Crippen molar-refractivity contribution < 1.29 is 9.72 Å². The van der Waals surface area contributed by atoms with E-state index in [2.05, 4.69) is 5.32 Å². The number of carbonyl (C=O) groups is 1. The fourth-order valence-electron chi connectivity index (χ4n) is 2.01. The lowest BCUT2D eigenvalue weighted by molar-refractivity contribution is -0.384. The van der Waals surface area contributed by atoms with Gasteiger partial charge in [0.1, 0.15) is 5.69 Å². The van der Waals surface area contributed by atoms with Gasteiger partial charge in [-0.25, -0.2) is 0 Å². The molecule has 21 heavy (non-hydrogen) atoms. The second kappa shape index (κ2) is 6.36. The van der Waals surface area contributed by atoms with Crippen molar-refractivity contribution in [2.45, 2.75) is 19.4 Å². The van der Waals surface area contributed by atoms with Crippen LogP contribution in [0.5, 0.6) is 0 Å². The summed E-state index contributed by atoms with van der Waals surface area (Å²) >= 11 is 1.63. The maximum atomic E-state index is 11.2. The highest BCUT2D eigenvalue weighted by Gasteiger charge is 2.17. The number of nitrogens with two attached hydrogens (primary N) is 1. The van der Waals surface area contributed by atoms with Crippen LogP contribution >= 0.6 is 11.3 Å². The number of amides is 1. The van der Waals surface area contributed by atoms with Crippen molar-refractivity contribution in [1.29, 1.82) is 0 Å². The van der Waals surface area contributed by atoms with E-state index in [1.807, 2.05) is 24.4 Å². The molecule has 0 aliphatic carbocycles. The molecule has 2 rings (SSSR count). The Labute approximate surface area is 125 Å². The monoisotopic (exact) mass is 305 g/mol. The van der Waals surface area contributed by atoms with E-state index in [4.69, 9.17) is 5.73 Å². The Morgan fingerprint density at radius 2 is 2.24 bits per heavy atom. The lowest BCUT2D eigenvalue weighted by Crippen LogP contribution is -2.19. The quantitative estimate of drug-likeness (QED) is 0.633. The van der Waals surface area contributed by atoms with Crippen LogP contribution in [0.2, 0.25) is 0 Å². The van der Waals surface area contributed by atoms with E-state index in [0.29, 0.717) is 5.69 Å². The number of anilines is 1. The number of hydrogen-bond donors (Lipinski definition) is 2. The zero-order valence-electron chi connectivity index (χ0n) is 11.4. The van der Waals surface area contributed by atoms with Gasteiger partial charge in [0.15, 0.2) is 0 Å². The number of carbonyl (C=O) groups excluding carboxylic acids is 1. The first kappa shape index (κ1) is 15.0. The predicted octanol–water partition coefficient (Wildman–Crippen LogP) is 2.80. The van der Waals surface area contributed by atoms with Gasteiger partial charge >= 0.3 is 0 Å². The van der Waals surface area contributed by atoms with Crippen molar-refractivity contribution in [3.8, 4) is 0 Å². The molecule has 0 aliphatic rings. The fraction of sp³-hybridized carbons (Fsp3) is 0.214. The van der Waals surface area contributed by atoms with Gasteiger partial charge in [-0.2, -0.15) is 0 Å². The molecule has 6 nitrogen and oxygen atoms in total. The number of primary amides is 1. The zero-order valence-corrected chi connectivity index (χ0v) is 12.2. The van der Waals surface area contributed by atoms with Crippen LogP contribution in [0.1, 0.15) is 22.2 Å². The predicted molar refractivity (Wildman–Crippen MR) is 82.7 cm³/mol. The van der Waals surface area contributed by atoms with Crippen LogP contribution in [0.3, 0.4) is 0 Å². The number of nitro groups is 1. The SMILES string of the molecule is CC(Cc1cccs1)Nc1cc(C(N)=O)ccc1[N+](=O)[O-]. The van der Waals surface area contributed by atoms with Gasteiger partial charge in [-0.05, 0) is 30.5 Å². The molecular formula is C14H15N3O3S. The minimum Gasteiger partial charge on any atom is -0.377 e. The molecule has 0 spiro atoms. The van der Waals surface area contributed by atoms with Crippen molar-refractivity contribution in [1.82, 2.24) is 0 Å². The normalized spacial score (nSPS) is 11.9. The first-order valence-electron chi connectivity index (χ1n) is 6.34. The molecule has 1 atom stereocenters. The Morgan fingerprint density at radius 1 is 1.48 bits per heavy atom. The minimum atomic E-state index is -0.612. The average molecular weight is 305 g/mol. The van der Waals surface area contributed by atoms with E-state index in [-0.39, 0.29) is 17.3 Å². The molecule has 1 amide bonds. The Hall–Kier alpha value is -2.41. The molecule has 1 aromatic heterocycles. The van der Waals surface area contributed by atoms with E-state index >= 15 is 0 Å². The van der Waals surface area contributed by atoms with Crippen molar-refractivity contribution in [3.05, 3.63) is 56.3 Å². The highest BCUT2D eigenvalue weighted by molar-refractivity contribution is 7.09. The Balaban J connectivity index is 2.21. The van der Waals surface area contributed by atoms with Crippen LogP contribution in [0.15, 0.2) is 35.7 Å². The highest BCUT2D eigenvalue weighted by atomic mass is 32.1. The Bertz CT molecular complexity index is 655. The lowest BCUT2D eigenvalue weighted by Gasteiger charge is -2.15. The number of thiophene rings is 1. The molecule has 7 heteroatoms. The van der Waals surface area contributed by atoms with E-state index in [0.717, 1.165) is 6.42 Å². The molecule has 110 valence electrons. The molecule has 0 aliphatic heterocycles. The van der Waals surface area contributed by atoms with Crippen molar-refractivity contribution in [2.24, 2.45) is 5.73 Å². The molecule has 0 saturated carbocycles. The van der Waals surface area contributed by atoms with Gasteiger partial charge in [0.05, 0.1) is 4.92 Å². The maximum absolute atomic E-state index is 11.2. The largest absolute Gasteiger partial charge is 0.377 e. The number of nitrogens with zero attached hydrogens (tertiary/aromatic N) is 1. The summed E-state index contributed by atoms with van der Waals surface area (Å²) in [6.07, 6.45) is 0.746. The van der Waals surface area contributed by atoms with Gasteiger partial charge < -0.3 is 11.1 Å². The number of benzene rings is 1. The van der Waals surface area contributed by atoms with Crippen LogP contribution in [0, 0.1) is 10.1 Å². The summed E-state index contributed by atoms with van der Waals surface area (Å²) in [6, 6.07) is 8.03. The molecule has 0 radical (unpaired) electrons. The smallest absolute Gasteiger partial charge is 0.292 e. The molecule has 0 fully saturated rings. The molecule has 1 aromatic carbocycles. The summed E-state index contributed by atoms with van der Waals surface area (Å²) in [5.74, 6) is -0.612. The van der Waals surface area contributed by atoms with Gasteiger partial charge in [0.2, 0.25) is 5.91 Å². The van der Waals surface area contributed by atoms with Crippen LogP contribution in [0.25, 0.3) is 0 Å².